The highest BCUT2D eigenvalue weighted by Gasteiger charge is 2.32. The summed E-state index contributed by atoms with van der Waals surface area (Å²) in [5, 5.41) is 8.88. The van der Waals surface area contributed by atoms with Crippen molar-refractivity contribution in [3.8, 4) is 0 Å². The third-order valence-electron chi connectivity index (χ3n) is 3.21. The van der Waals surface area contributed by atoms with Crippen LogP contribution in [-0.4, -0.2) is 60.6 Å². The second-order valence-electron chi connectivity index (χ2n) is 4.97. The van der Waals surface area contributed by atoms with Gasteiger partial charge in [0.15, 0.2) is 9.84 Å². The van der Waals surface area contributed by atoms with E-state index in [1.54, 1.807) is 0 Å². The van der Waals surface area contributed by atoms with Crippen molar-refractivity contribution in [3.63, 3.8) is 0 Å². The fourth-order valence-electron chi connectivity index (χ4n) is 1.85. The van der Waals surface area contributed by atoms with E-state index in [-0.39, 0.29) is 17.5 Å². The minimum atomic E-state index is -2.92. The molecule has 17 heavy (non-hydrogen) atoms. The number of carboxylic acids is 1. The van der Waals surface area contributed by atoms with Crippen LogP contribution < -0.4 is 5.73 Å². The fraction of sp³-hybridized carbons (Fsp3) is 0.900. The number of aliphatic carboxylic acids is 1. The van der Waals surface area contributed by atoms with Crippen molar-refractivity contribution >= 4 is 15.8 Å². The van der Waals surface area contributed by atoms with Crippen LogP contribution in [0.4, 0.5) is 0 Å². The Labute approximate surface area is 102 Å². The van der Waals surface area contributed by atoms with Crippen LogP contribution in [0.15, 0.2) is 0 Å². The average Bonchev–Trinajstić information content (AvgIpc) is 2.14. The maximum absolute atomic E-state index is 11.4. The van der Waals surface area contributed by atoms with E-state index in [9.17, 15) is 13.2 Å². The Hall–Kier alpha value is -0.660. The molecule has 0 aromatic heterocycles. The van der Waals surface area contributed by atoms with Gasteiger partial charge >= 0.3 is 5.97 Å². The van der Waals surface area contributed by atoms with E-state index in [0.29, 0.717) is 19.5 Å². The van der Waals surface area contributed by atoms with Crippen molar-refractivity contribution in [1.29, 1.82) is 0 Å². The number of nitrogens with two attached hydrogens (primary N) is 1. The van der Waals surface area contributed by atoms with Crippen molar-refractivity contribution in [1.82, 2.24) is 4.90 Å². The van der Waals surface area contributed by atoms with Gasteiger partial charge in [0.2, 0.25) is 0 Å². The molecule has 0 amide bonds. The summed E-state index contributed by atoms with van der Waals surface area (Å²) in [5.41, 5.74) is 4.38. The monoisotopic (exact) mass is 264 g/mol. The first kappa shape index (κ1) is 14.4. The Morgan fingerprint density at radius 3 is 2.65 bits per heavy atom. The van der Waals surface area contributed by atoms with Crippen LogP contribution in [0, 0.1) is 0 Å². The lowest BCUT2D eigenvalue weighted by Gasteiger charge is -2.34. The van der Waals surface area contributed by atoms with Crippen molar-refractivity contribution in [2.45, 2.75) is 31.8 Å². The average molecular weight is 264 g/mol. The quantitative estimate of drug-likeness (QED) is 0.696. The molecule has 1 aliphatic rings. The summed E-state index contributed by atoms with van der Waals surface area (Å²) in [4.78, 5) is 12.8. The summed E-state index contributed by atoms with van der Waals surface area (Å²) in [6.45, 7) is 4.28. The maximum atomic E-state index is 11.4. The van der Waals surface area contributed by atoms with E-state index in [2.05, 4.69) is 0 Å². The molecule has 2 atom stereocenters. The Morgan fingerprint density at radius 2 is 2.18 bits per heavy atom. The van der Waals surface area contributed by atoms with E-state index >= 15 is 0 Å². The molecule has 1 rings (SSSR count). The lowest BCUT2D eigenvalue weighted by Crippen LogP contribution is -2.51. The van der Waals surface area contributed by atoms with Gasteiger partial charge in [-0.3, -0.25) is 9.69 Å². The van der Waals surface area contributed by atoms with E-state index in [1.807, 2.05) is 11.8 Å². The van der Waals surface area contributed by atoms with Gasteiger partial charge in [-0.2, -0.15) is 0 Å². The third-order valence-corrected chi connectivity index (χ3v) is 5.01. The van der Waals surface area contributed by atoms with Gasteiger partial charge in [-0.25, -0.2) is 8.42 Å². The first-order valence-electron chi connectivity index (χ1n) is 5.61. The van der Waals surface area contributed by atoms with Gasteiger partial charge in [0.1, 0.15) is 5.54 Å². The van der Waals surface area contributed by atoms with Gasteiger partial charge in [-0.1, -0.05) is 0 Å². The topological polar surface area (TPSA) is 101 Å². The highest BCUT2D eigenvalue weighted by Crippen LogP contribution is 2.14. The summed E-state index contributed by atoms with van der Waals surface area (Å²) in [5.74, 6) is -0.748. The van der Waals surface area contributed by atoms with E-state index in [4.69, 9.17) is 10.8 Å². The number of hydrogen-bond donors (Lipinski definition) is 2. The predicted molar refractivity (Wildman–Crippen MR) is 64.5 cm³/mol. The Morgan fingerprint density at radius 1 is 1.59 bits per heavy atom. The van der Waals surface area contributed by atoms with Crippen LogP contribution in [0.2, 0.25) is 0 Å². The SMILES string of the molecule is CC1CS(=O)(=O)CCN1CCC(C)(N)C(=O)O. The molecular weight excluding hydrogens is 244 g/mol. The molecule has 0 saturated carbocycles. The van der Waals surface area contributed by atoms with Crippen LogP contribution >= 0.6 is 0 Å². The van der Waals surface area contributed by atoms with Crippen LogP contribution in [0.5, 0.6) is 0 Å². The normalized spacial score (nSPS) is 28.5. The van der Waals surface area contributed by atoms with Gasteiger partial charge in [0, 0.05) is 19.1 Å². The third kappa shape index (κ3) is 3.93. The summed E-state index contributed by atoms with van der Waals surface area (Å²) in [6, 6.07) is -0.0710. The van der Waals surface area contributed by atoms with Gasteiger partial charge in [-0.05, 0) is 20.3 Å². The number of sulfone groups is 1. The summed E-state index contributed by atoms with van der Waals surface area (Å²) < 4.78 is 22.7. The van der Waals surface area contributed by atoms with Crippen molar-refractivity contribution in [3.05, 3.63) is 0 Å². The lowest BCUT2D eigenvalue weighted by molar-refractivity contribution is -0.143. The van der Waals surface area contributed by atoms with Gasteiger partial charge < -0.3 is 10.8 Å². The number of rotatable bonds is 4. The highest BCUT2D eigenvalue weighted by molar-refractivity contribution is 7.91. The number of nitrogens with zero attached hydrogens (tertiary/aromatic N) is 1. The molecule has 1 heterocycles. The number of carbonyl (C=O) groups is 1. The van der Waals surface area contributed by atoms with Crippen molar-refractivity contribution < 1.29 is 18.3 Å². The zero-order valence-corrected chi connectivity index (χ0v) is 11.0. The zero-order valence-electron chi connectivity index (χ0n) is 10.2. The first-order chi connectivity index (χ1) is 7.64. The summed E-state index contributed by atoms with van der Waals surface area (Å²) >= 11 is 0. The molecular formula is C10H20N2O4S. The molecule has 7 heteroatoms. The van der Waals surface area contributed by atoms with Crippen LogP contribution in [0.1, 0.15) is 20.3 Å². The molecule has 0 spiro atoms. The smallest absolute Gasteiger partial charge is 0.323 e. The molecule has 1 saturated heterocycles. The van der Waals surface area contributed by atoms with E-state index in [1.165, 1.54) is 6.92 Å². The minimum Gasteiger partial charge on any atom is -0.480 e. The molecule has 0 aromatic carbocycles. The molecule has 2 unspecified atom stereocenters. The van der Waals surface area contributed by atoms with E-state index < -0.39 is 21.3 Å². The highest BCUT2D eigenvalue weighted by atomic mass is 32.2. The first-order valence-corrected chi connectivity index (χ1v) is 7.43. The molecule has 3 N–H and O–H groups in total. The largest absolute Gasteiger partial charge is 0.480 e. The summed E-state index contributed by atoms with van der Waals surface area (Å²) in [6.07, 6.45) is 0.312. The molecule has 1 fully saturated rings. The Bertz CT molecular complexity index is 391. The Balaban J connectivity index is 2.52. The van der Waals surface area contributed by atoms with Crippen LogP contribution in [0.25, 0.3) is 0 Å². The Kier molecular flexibility index (Phi) is 4.16. The van der Waals surface area contributed by atoms with Gasteiger partial charge in [0.25, 0.3) is 0 Å². The molecule has 6 nitrogen and oxygen atoms in total. The molecule has 0 aromatic rings. The maximum Gasteiger partial charge on any atom is 0.323 e. The van der Waals surface area contributed by atoms with Gasteiger partial charge in [-0.15, -0.1) is 0 Å². The van der Waals surface area contributed by atoms with E-state index in [0.717, 1.165) is 0 Å². The predicted octanol–water partition coefficient (Wildman–Crippen LogP) is -0.703. The fourth-order valence-corrected chi connectivity index (χ4v) is 3.47. The summed E-state index contributed by atoms with van der Waals surface area (Å²) in [7, 11) is -2.92. The standard InChI is InChI=1S/C10H20N2O4S/c1-8-7-17(15,16)6-5-12(8)4-3-10(2,11)9(13)14/h8H,3-7,11H2,1-2H3,(H,13,14). The van der Waals surface area contributed by atoms with Crippen molar-refractivity contribution in [2.24, 2.45) is 5.73 Å². The van der Waals surface area contributed by atoms with Crippen molar-refractivity contribution in [2.75, 3.05) is 24.6 Å². The molecule has 100 valence electrons. The van der Waals surface area contributed by atoms with Crippen LogP contribution in [0.3, 0.4) is 0 Å². The number of carboxylic acid groups (broad SMARTS) is 1. The zero-order chi connectivity index (χ0) is 13.3. The molecule has 0 radical (unpaired) electrons. The second kappa shape index (κ2) is 4.91. The molecule has 0 aliphatic carbocycles. The minimum absolute atomic E-state index is 0.0710. The lowest BCUT2D eigenvalue weighted by atomic mass is 9.99. The molecule has 0 bridgehead atoms. The number of hydrogen-bond acceptors (Lipinski definition) is 5. The molecule has 1 aliphatic heterocycles. The second-order valence-corrected chi connectivity index (χ2v) is 7.20. The van der Waals surface area contributed by atoms with Gasteiger partial charge in [0.05, 0.1) is 11.5 Å². The van der Waals surface area contributed by atoms with Crippen LogP contribution in [-0.2, 0) is 14.6 Å².